The van der Waals surface area contributed by atoms with E-state index in [1.54, 1.807) is 7.05 Å². The monoisotopic (exact) mass is 674 g/mol. The lowest BCUT2D eigenvalue weighted by Gasteiger charge is -2.49. The molecular formula is C20H42N4O17S2. The molecule has 0 aromatic carbocycles. The van der Waals surface area contributed by atoms with E-state index in [0.29, 0.717) is 0 Å². The maximum atomic E-state index is 11.1. The summed E-state index contributed by atoms with van der Waals surface area (Å²) in [5, 5.41) is 65.2. The average Bonchev–Trinajstić information content (AvgIpc) is 2.83. The molecule has 1 saturated carbocycles. The first-order valence-electron chi connectivity index (χ1n) is 12.8. The summed E-state index contributed by atoms with van der Waals surface area (Å²) in [6, 6.07) is -3.47. The maximum Gasteiger partial charge on any atom is 0.413 e. The number of rotatable bonds is 8. The van der Waals surface area contributed by atoms with E-state index >= 15 is 0 Å². The third-order valence-corrected chi connectivity index (χ3v) is 8.49. The molecule has 0 aromatic heterocycles. The Kier molecular flexibility index (Phi) is 13.2. The highest BCUT2D eigenvalue weighted by molar-refractivity contribution is 7.94. The quantitative estimate of drug-likeness (QED) is 0.106. The van der Waals surface area contributed by atoms with Crippen LogP contribution in [0.25, 0.3) is 0 Å². The van der Waals surface area contributed by atoms with Crippen molar-refractivity contribution in [3.05, 3.63) is 0 Å². The molecule has 23 heteroatoms. The van der Waals surface area contributed by atoms with Crippen LogP contribution < -0.4 is 22.5 Å². The molecule has 0 aromatic rings. The molecule has 2 saturated heterocycles. The normalized spacial score (nSPS) is 45.1. The third-order valence-electron chi connectivity index (χ3n) is 7.12. The van der Waals surface area contributed by atoms with E-state index in [-0.39, 0.29) is 13.0 Å². The van der Waals surface area contributed by atoms with Crippen molar-refractivity contribution in [1.82, 2.24) is 5.32 Å². The summed E-state index contributed by atoms with van der Waals surface area (Å²) in [4.78, 5) is 0. The first-order valence-corrected chi connectivity index (χ1v) is 15.5. The summed E-state index contributed by atoms with van der Waals surface area (Å²) < 4.78 is 78.3. The summed E-state index contributed by atoms with van der Waals surface area (Å²) in [5.41, 5.74) is 17.0. The Bertz CT molecular complexity index is 1080. The molecule has 256 valence electrons. The average molecular weight is 675 g/mol. The molecule has 2 aliphatic heterocycles. The van der Waals surface area contributed by atoms with Crippen molar-refractivity contribution < 1.29 is 79.2 Å². The molecule has 1 aliphatic carbocycles. The molecule has 3 fully saturated rings. The largest absolute Gasteiger partial charge is 0.413 e. The number of hydrogen-bond donors (Lipinski definition) is 12. The predicted octanol–water partition coefficient (Wildman–Crippen LogP) is -7.00. The van der Waals surface area contributed by atoms with Gasteiger partial charge in [0.15, 0.2) is 12.6 Å². The molecular weight excluding hydrogens is 632 g/mol. The van der Waals surface area contributed by atoms with Crippen LogP contribution in [0.1, 0.15) is 20.3 Å². The van der Waals surface area contributed by atoms with Crippen molar-refractivity contribution in [3.63, 3.8) is 0 Å². The lowest BCUT2D eigenvalue weighted by atomic mass is 9.84. The van der Waals surface area contributed by atoms with Crippen molar-refractivity contribution in [2.45, 2.75) is 111 Å². The number of aliphatic hydroxyl groups is 6. The Hall–Kier alpha value is -0.780. The minimum atomic E-state index is -5.12. The van der Waals surface area contributed by atoms with Gasteiger partial charge in [0.2, 0.25) is 0 Å². The van der Waals surface area contributed by atoms with Crippen molar-refractivity contribution in [2.24, 2.45) is 17.2 Å². The molecule has 0 unspecified atom stereocenters. The Morgan fingerprint density at radius 3 is 1.79 bits per heavy atom. The standard InChI is InChI=1S/C20H40N4O10.H2O7S2/c1-6(25)14-11(27)10(26)9(23)18(32-14)33-15-7(21)4-8(22)16(12(15)28)34-19-13(29)17(24-3)20(2,30)5-31-19;1-8(2,3)7-9(4,5)6/h6-19,24-30H,4-5,21-23H2,1-3H3;(H,1,2,3)(H,4,5,6)/t6-,7+,8-,9-,10-,11+,12+,13-,14-,15-,16+,17-,18-,19-,20+;/m1./s1. The van der Waals surface area contributed by atoms with Gasteiger partial charge in [0.1, 0.15) is 48.3 Å². The first kappa shape index (κ1) is 38.4. The number of aliphatic hydroxyl groups excluding tert-OH is 5. The van der Waals surface area contributed by atoms with Crippen LogP contribution >= 0.6 is 0 Å². The molecule has 0 radical (unpaired) electrons. The highest BCUT2D eigenvalue weighted by atomic mass is 32.3. The second kappa shape index (κ2) is 14.8. The second-order valence-electron chi connectivity index (χ2n) is 10.7. The first-order chi connectivity index (χ1) is 19.5. The van der Waals surface area contributed by atoms with E-state index in [2.05, 4.69) is 8.95 Å². The Morgan fingerprint density at radius 1 is 0.884 bits per heavy atom. The fourth-order valence-electron chi connectivity index (χ4n) is 5.05. The molecule has 15 N–H and O–H groups in total. The molecule has 0 amide bonds. The van der Waals surface area contributed by atoms with Crippen LogP contribution in [0.15, 0.2) is 0 Å². The van der Waals surface area contributed by atoms with Gasteiger partial charge in [-0.1, -0.05) is 0 Å². The lowest BCUT2D eigenvalue weighted by molar-refractivity contribution is -0.319. The zero-order valence-electron chi connectivity index (χ0n) is 23.3. The van der Waals surface area contributed by atoms with Gasteiger partial charge in [0.25, 0.3) is 0 Å². The van der Waals surface area contributed by atoms with Gasteiger partial charge < -0.3 is 72.1 Å². The van der Waals surface area contributed by atoms with Crippen LogP contribution in [0.4, 0.5) is 0 Å². The van der Waals surface area contributed by atoms with E-state index in [1.165, 1.54) is 13.8 Å². The minimum absolute atomic E-state index is 0.135. The van der Waals surface area contributed by atoms with Gasteiger partial charge in [-0.15, -0.1) is 3.63 Å². The molecule has 0 bridgehead atoms. The van der Waals surface area contributed by atoms with Crippen LogP contribution in [0, 0.1) is 0 Å². The summed E-state index contributed by atoms with van der Waals surface area (Å²) in [5.74, 6) is 0. The lowest BCUT2D eigenvalue weighted by Crippen LogP contribution is -2.69. The van der Waals surface area contributed by atoms with Gasteiger partial charge >= 0.3 is 20.8 Å². The summed E-state index contributed by atoms with van der Waals surface area (Å²) >= 11 is 0. The topological polar surface area (TPSA) is 366 Å². The fraction of sp³-hybridized carbons (Fsp3) is 1.00. The van der Waals surface area contributed by atoms with Crippen LogP contribution in [-0.4, -0.2) is 161 Å². The van der Waals surface area contributed by atoms with Gasteiger partial charge in [-0.25, -0.2) is 0 Å². The van der Waals surface area contributed by atoms with E-state index in [0.717, 1.165) is 0 Å². The highest BCUT2D eigenvalue weighted by Crippen LogP contribution is 2.32. The summed E-state index contributed by atoms with van der Waals surface area (Å²) in [6.45, 7) is 2.75. The van der Waals surface area contributed by atoms with Gasteiger partial charge in [0, 0.05) is 12.1 Å². The van der Waals surface area contributed by atoms with E-state index in [1.807, 2.05) is 0 Å². The minimum Gasteiger partial charge on any atom is -0.391 e. The molecule has 3 aliphatic rings. The van der Waals surface area contributed by atoms with E-state index in [9.17, 15) is 47.5 Å². The highest BCUT2D eigenvalue weighted by Gasteiger charge is 2.52. The van der Waals surface area contributed by atoms with Gasteiger partial charge in [-0.2, -0.15) is 16.8 Å². The molecule has 21 nitrogen and oxygen atoms in total. The van der Waals surface area contributed by atoms with Crippen molar-refractivity contribution in [2.75, 3.05) is 13.7 Å². The van der Waals surface area contributed by atoms with Gasteiger partial charge in [0.05, 0.1) is 24.8 Å². The molecule has 43 heavy (non-hydrogen) atoms. The van der Waals surface area contributed by atoms with Gasteiger partial charge in [-0.05, 0) is 27.3 Å². The zero-order chi connectivity index (χ0) is 33.2. The van der Waals surface area contributed by atoms with E-state index < -0.39 is 112 Å². The van der Waals surface area contributed by atoms with Crippen molar-refractivity contribution >= 4 is 20.8 Å². The maximum absolute atomic E-state index is 11.1. The van der Waals surface area contributed by atoms with Crippen molar-refractivity contribution in [3.8, 4) is 0 Å². The number of nitrogens with one attached hydrogen (secondary N) is 1. The van der Waals surface area contributed by atoms with E-state index in [4.69, 9.17) is 45.3 Å². The predicted molar refractivity (Wildman–Crippen MR) is 140 cm³/mol. The molecule has 15 atom stereocenters. The zero-order valence-corrected chi connectivity index (χ0v) is 24.9. The molecule has 0 spiro atoms. The number of ether oxygens (including phenoxy) is 4. The molecule has 3 rings (SSSR count). The second-order valence-corrected chi connectivity index (χ2v) is 13.0. The Morgan fingerprint density at radius 2 is 1.37 bits per heavy atom. The fourth-order valence-corrected chi connectivity index (χ4v) is 5.92. The third kappa shape index (κ3) is 10.1. The summed E-state index contributed by atoms with van der Waals surface area (Å²) in [6.07, 6.45) is -12.4. The van der Waals surface area contributed by atoms with Crippen LogP contribution in [0.3, 0.4) is 0 Å². The number of nitrogens with two attached hydrogens (primary N) is 3. The van der Waals surface area contributed by atoms with Crippen LogP contribution in [0.2, 0.25) is 0 Å². The number of hydrogen-bond acceptors (Lipinski definition) is 19. The van der Waals surface area contributed by atoms with Gasteiger partial charge in [-0.3, -0.25) is 9.11 Å². The Balaban J connectivity index is 0.000000621. The molecule has 2 heterocycles. The van der Waals surface area contributed by atoms with Crippen molar-refractivity contribution in [1.29, 1.82) is 0 Å². The summed E-state index contributed by atoms with van der Waals surface area (Å²) in [7, 11) is -8.66. The SMILES string of the molecule is CN[C@@H]1[C@@H](O)[C@@H](O[C@@H]2[C@@H](O)[C@H](O[C@H]3O[C@H]([C@@H](C)O)[C@@H](O)[C@H](O)[C@H]3N)[C@@H](N)C[C@H]2N)OC[C@]1(C)O.O=S(=O)(O)OS(=O)(=O)O. The number of likely N-dealkylation sites (N-methyl/N-ethyl adjacent to an activating group) is 1. The Labute approximate surface area is 247 Å². The smallest absolute Gasteiger partial charge is 0.391 e. The van der Waals surface area contributed by atoms with Crippen LogP contribution in [-0.2, 0) is 43.4 Å². The van der Waals surface area contributed by atoms with Crippen LogP contribution in [0.5, 0.6) is 0 Å².